The maximum Gasteiger partial charge on any atom is 0.374 e. The summed E-state index contributed by atoms with van der Waals surface area (Å²) in [5.74, 6) is -1.80. The van der Waals surface area contributed by atoms with Crippen LogP contribution in [0.2, 0.25) is 0 Å². The minimum Gasteiger partial charge on any atom is -0.463 e. The summed E-state index contributed by atoms with van der Waals surface area (Å²) >= 11 is 0. The van der Waals surface area contributed by atoms with E-state index in [2.05, 4.69) is 4.74 Å². The molecule has 6 nitrogen and oxygen atoms in total. The molecule has 0 saturated carbocycles. The van der Waals surface area contributed by atoms with E-state index in [9.17, 15) is 17.6 Å². The first kappa shape index (κ1) is 14.1. The predicted molar refractivity (Wildman–Crippen MR) is 67.3 cm³/mol. The second-order valence-corrected chi connectivity index (χ2v) is 5.31. The molecule has 0 spiro atoms. The summed E-state index contributed by atoms with van der Waals surface area (Å²) < 4.78 is 48.6. The number of furan rings is 1. The fraction of sp³-hybridized carbons (Fsp3) is 0.0833. The monoisotopic (exact) mass is 299 g/mol. The van der Waals surface area contributed by atoms with Gasteiger partial charge in [0.1, 0.15) is 5.82 Å². The average Bonchev–Trinajstić information content (AvgIpc) is 2.91. The Bertz CT molecular complexity index is 738. The molecule has 0 aliphatic carbocycles. The first-order chi connectivity index (χ1) is 9.44. The van der Waals surface area contributed by atoms with Crippen LogP contribution in [0.4, 0.5) is 10.1 Å². The summed E-state index contributed by atoms with van der Waals surface area (Å²) in [5.41, 5.74) is -0.219. The highest BCUT2D eigenvalue weighted by molar-refractivity contribution is 7.92. The van der Waals surface area contributed by atoms with Crippen LogP contribution in [0, 0.1) is 5.82 Å². The molecule has 0 saturated heterocycles. The number of carbonyl (C=O) groups excluding carboxylic acids is 1. The molecule has 1 N–H and O–H groups in total. The molecule has 0 unspecified atom stereocenters. The Morgan fingerprint density at radius 3 is 2.60 bits per heavy atom. The minimum atomic E-state index is -4.12. The lowest BCUT2D eigenvalue weighted by molar-refractivity contribution is 0.0559. The Labute approximate surface area is 114 Å². The van der Waals surface area contributed by atoms with Gasteiger partial charge in [-0.15, -0.1) is 0 Å². The number of methoxy groups -OCH3 is 1. The molecule has 0 amide bonds. The SMILES string of the molecule is COC(=O)c1ccc(S(=O)(=O)Nc2ccccc2F)o1. The average molecular weight is 299 g/mol. The van der Waals surface area contributed by atoms with E-state index < -0.39 is 26.9 Å². The summed E-state index contributed by atoms with van der Waals surface area (Å²) in [7, 11) is -2.99. The van der Waals surface area contributed by atoms with Gasteiger partial charge in [0.05, 0.1) is 12.8 Å². The lowest BCUT2D eigenvalue weighted by Crippen LogP contribution is -2.13. The molecule has 0 aliphatic rings. The van der Waals surface area contributed by atoms with E-state index in [0.717, 1.165) is 25.3 Å². The van der Waals surface area contributed by atoms with Crippen molar-refractivity contribution in [2.45, 2.75) is 5.09 Å². The van der Waals surface area contributed by atoms with Crippen molar-refractivity contribution in [3.8, 4) is 0 Å². The largest absolute Gasteiger partial charge is 0.463 e. The van der Waals surface area contributed by atoms with E-state index in [1.165, 1.54) is 18.2 Å². The second-order valence-electron chi connectivity index (χ2n) is 3.70. The number of benzene rings is 1. The molecule has 8 heteroatoms. The van der Waals surface area contributed by atoms with Crippen molar-refractivity contribution in [2.75, 3.05) is 11.8 Å². The van der Waals surface area contributed by atoms with Crippen LogP contribution in [0.25, 0.3) is 0 Å². The molecular weight excluding hydrogens is 289 g/mol. The molecule has 1 heterocycles. The zero-order chi connectivity index (χ0) is 14.8. The van der Waals surface area contributed by atoms with Gasteiger partial charge in [0.15, 0.2) is 0 Å². The number of sulfonamides is 1. The third-order valence-corrected chi connectivity index (χ3v) is 3.59. The number of hydrogen-bond donors (Lipinski definition) is 1. The quantitative estimate of drug-likeness (QED) is 0.873. The number of ether oxygens (including phenoxy) is 1. The predicted octanol–water partition coefficient (Wildman–Crippen LogP) is 2.01. The Morgan fingerprint density at radius 2 is 1.95 bits per heavy atom. The third kappa shape index (κ3) is 2.80. The summed E-state index contributed by atoms with van der Waals surface area (Å²) in [4.78, 5) is 11.2. The number of halogens is 1. The van der Waals surface area contributed by atoms with Gasteiger partial charge in [0, 0.05) is 0 Å². The van der Waals surface area contributed by atoms with Crippen molar-refractivity contribution in [3.63, 3.8) is 0 Å². The van der Waals surface area contributed by atoms with Gasteiger partial charge in [-0.25, -0.2) is 9.18 Å². The number of nitrogens with one attached hydrogen (secondary N) is 1. The zero-order valence-electron chi connectivity index (χ0n) is 10.3. The van der Waals surface area contributed by atoms with Crippen LogP contribution in [-0.2, 0) is 14.8 Å². The molecule has 20 heavy (non-hydrogen) atoms. The molecule has 2 rings (SSSR count). The van der Waals surface area contributed by atoms with Crippen LogP contribution in [0.1, 0.15) is 10.6 Å². The summed E-state index contributed by atoms with van der Waals surface area (Å²) in [6.45, 7) is 0. The van der Waals surface area contributed by atoms with Gasteiger partial charge in [-0.2, -0.15) is 8.42 Å². The Kier molecular flexibility index (Phi) is 3.75. The fourth-order valence-electron chi connectivity index (χ4n) is 1.41. The molecule has 1 aromatic carbocycles. The highest BCUT2D eigenvalue weighted by Crippen LogP contribution is 2.20. The molecule has 1 aromatic heterocycles. The van der Waals surface area contributed by atoms with Crippen molar-refractivity contribution in [1.82, 2.24) is 0 Å². The smallest absolute Gasteiger partial charge is 0.374 e. The highest BCUT2D eigenvalue weighted by atomic mass is 32.2. The number of hydrogen-bond acceptors (Lipinski definition) is 5. The van der Waals surface area contributed by atoms with E-state index in [0.29, 0.717) is 0 Å². The van der Waals surface area contributed by atoms with Crippen molar-refractivity contribution < 1.29 is 26.8 Å². The lowest BCUT2D eigenvalue weighted by atomic mass is 10.3. The molecule has 0 bridgehead atoms. The summed E-state index contributed by atoms with van der Waals surface area (Å²) in [6, 6.07) is 7.51. The maximum absolute atomic E-state index is 13.4. The number of para-hydroxylation sites is 1. The van der Waals surface area contributed by atoms with Crippen molar-refractivity contribution in [3.05, 3.63) is 48.0 Å². The number of esters is 1. The van der Waals surface area contributed by atoms with Crippen LogP contribution < -0.4 is 4.72 Å². The summed E-state index contributed by atoms with van der Waals surface area (Å²) in [5, 5.41) is -0.513. The van der Waals surface area contributed by atoms with Crippen molar-refractivity contribution >= 4 is 21.7 Å². The Morgan fingerprint density at radius 1 is 1.25 bits per heavy atom. The zero-order valence-corrected chi connectivity index (χ0v) is 11.1. The molecule has 0 atom stereocenters. The van der Waals surface area contributed by atoms with Gasteiger partial charge in [-0.3, -0.25) is 4.72 Å². The van der Waals surface area contributed by atoms with Gasteiger partial charge in [0.25, 0.3) is 10.0 Å². The minimum absolute atomic E-state index is 0.219. The number of carbonyl (C=O) groups is 1. The van der Waals surface area contributed by atoms with E-state index in [4.69, 9.17) is 4.42 Å². The van der Waals surface area contributed by atoms with Crippen LogP contribution in [0.5, 0.6) is 0 Å². The van der Waals surface area contributed by atoms with Gasteiger partial charge in [0.2, 0.25) is 10.9 Å². The lowest BCUT2D eigenvalue weighted by Gasteiger charge is -2.06. The topological polar surface area (TPSA) is 85.6 Å². The number of anilines is 1. The number of rotatable bonds is 4. The third-order valence-electron chi connectivity index (χ3n) is 2.35. The summed E-state index contributed by atoms with van der Waals surface area (Å²) in [6.07, 6.45) is 0. The molecule has 2 aromatic rings. The molecule has 106 valence electrons. The Hall–Kier alpha value is -2.35. The fourth-order valence-corrected chi connectivity index (χ4v) is 2.42. The van der Waals surface area contributed by atoms with E-state index in [1.807, 2.05) is 4.72 Å². The maximum atomic E-state index is 13.4. The Balaban J connectivity index is 2.29. The first-order valence-corrected chi connectivity index (χ1v) is 6.88. The van der Waals surface area contributed by atoms with Gasteiger partial charge in [-0.05, 0) is 24.3 Å². The molecule has 0 fully saturated rings. The van der Waals surface area contributed by atoms with Crippen LogP contribution in [-0.4, -0.2) is 21.5 Å². The highest BCUT2D eigenvalue weighted by Gasteiger charge is 2.22. The van der Waals surface area contributed by atoms with Crippen molar-refractivity contribution in [2.24, 2.45) is 0 Å². The molecule has 0 aliphatic heterocycles. The van der Waals surface area contributed by atoms with Crippen LogP contribution in [0.3, 0.4) is 0 Å². The first-order valence-electron chi connectivity index (χ1n) is 5.39. The van der Waals surface area contributed by atoms with Gasteiger partial charge in [-0.1, -0.05) is 12.1 Å². The normalized spacial score (nSPS) is 11.1. The van der Waals surface area contributed by atoms with Crippen molar-refractivity contribution in [1.29, 1.82) is 0 Å². The van der Waals surface area contributed by atoms with Crippen LogP contribution in [0.15, 0.2) is 45.9 Å². The standard InChI is InChI=1S/C12H10FNO5S/c1-18-12(15)10-6-7-11(19-10)20(16,17)14-9-5-3-2-4-8(9)13/h2-7,14H,1H3. The van der Waals surface area contributed by atoms with Gasteiger partial charge >= 0.3 is 5.97 Å². The molecule has 0 radical (unpaired) electrons. The second kappa shape index (κ2) is 5.33. The van der Waals surface area contributed by atoms with Gasteiger partial charge < -0.3 is 9.15 Å². The van der Waals surface area contributed by atoms with E-state index in [1.54, 1.807) is 0 Å². The van der Waals surface area contributed by atoms with E-state index in [-0.39, 0.29) is 11.4 Å². The van der Waals surface area contributed by atoms with Crippen LogP contribution >= 0.6 is 0 Å². The van der Waals surface area contributed by atoms with E-state index >= 15 is 0 Å². The molecular formula is C12H10FNO5S.